The Kier molecular flexibility index (Phi) is 29.9. The van der Waals surface area contributed by atoms with E-state index in [1.165, 1.54) is 0 Å². The van der Waals surface area contributed by atoms with Crippen molar-refractivity contribution in [1.82, 2.24) is 21.3 Å². The van der Waals surface area contributed by atoms with Crippen molar-refractivity contribution < 1.29 is 203 Å². The van der Waals surface area contributed by atoms with Gasteiger partial charge in [-0.05, 0) is 0 Å². The van der Waals surface area contributed by atoms with Gasteiger partial charge in [-0.3, -0.25) is 19.2 Å². The van der Waals surface area contributed by atoms with Gasteiger partial charge in [0.15, 0.2) is 50.3 Å². The molecule has 26 N–H and O–H groups in total. The summed E-state index contributed by atoms with van der Waals surface area (Å²) in [5, 5.41) is 250. The standard InChI is InChI=1S/C56H94N4O41/c1-13(68)57-25-34(77)43(21(9-65)93-50(25)87-12-24-33(76)46(28(49(86)88-24)60-16(4)71)99-54-40(83)38(81)30(73)18(6-62)90-54)97-55-41(84)47(31(74)19(7-63)91-55)101-52-27(59-15(3)70)36(79)45(23(11-67)95-52)98-56-42(85)48(32(75)20(8-64)92-56)100-51-26(58-14(2)69)35(78)44(22(10-66)94-51)96-53-39(82)37(80)29(72)17(5-61)89-53/h17-56,61-67,72-86H,5-12H2,1-4H3,(H,57,68)(H,58,69)(H,59,70)(H,60,71)/t17-,18-,19-,20-,21-,22-,23-,24-,25-,26-,27-,28-,29+,30+,31+,32+,33+,34-,35-,36-,37+,38+,39+,40-,41-,42-,43-,44-,45-,46-,47+,48-,49-,50-,51+,52+,53+,54+,55+,56+/m1/s1. The number of rotatable bonds is 26. The predicted molar refractivity (Wildman–Crippen MR) is 311 cm³/mol. The summed E-state index contributed by atoms with van der Waals surface area (Å²) in [5.41, 5.74) is 0. The minimum atomic E-state index is -2.30. The SMILES string of the molecule is CC(=O)N[C@@H]1[C@@H](O[C@@H]2O[C@H](CO)[C@H](O)[C@H](O)[C@H]2O)[C@@H](O)[C@@H](CO[C@@H]2O[C@H](CO)[C@@H](O[C@@H]3O[C@H](CO)[C@H](O)[C@H](O[C@@H]4O[C@H](CO)[C@@H](O[C@@H]5O[C@H](CO)[C@H](O)[C@@H](O[C@@H]6O[C@H](CO)[C@@H](O[C@@H]7O[C@H](CO)[C@H](O)[C@H](O)[C@@H]7O)[C@H](O)[C@H]6NC(C)=O)[C@H]5O)[C@H](O)[C@H]4NC(C)=O)[C@H]3O)[C@H](O)[C@H]2NC(C)=O)O[C@H]1O. The second-order valence-corrected chi connectivity index (χ2v) is 25.4. The summed E-state index contributed by atoms with van der Waals surface area (Å²) in [6.45, 7) is -4.09. The molecule has 584 valence electrons. The zero-order valence-electron chi connectivity index (χ0n) is 54.3. The summed E-state index contributed by atoms with van der Waals surface area (Å²) in [6, 6.07) is -7.09. The van der Waals surface area contributed by atoms with E-state index in [0.717, 1.165) is 27.7 Å². The maximum absolute atomic E-state index is 12.9. The minimum Gasteiger partial charge on any atom is -0.394 e. The molecule has 8 fully saturated rings. The summed E-state index contributed by atoms with van der Waals surface area (Å²) in [4.78, 5) is 50.4. The highest BCUT2D eigenvalue weighted by Gasteiger charge is 2.60. The van der Waals surface area contributed by atoms with Crippen molar-refractivity contribution in [2.45, 2.75) is 273 Å². The van der Waals surface area contributed by atoms with Crippen molar-refractivity contribution in [3.8, 4) is 0 Å². The van der Waals surface area contributed by atoms with Gasteiger partial charge in [0.2, 0.25) is 23.6 Å². The van der Waals surface area contributed by atoms with Crippen molar-refractivity contribution in [3.05, 3.63) is 0 Å². The van der Waals surface area contributed by atoms with Crippen LogP contribution in [0.4, 0.5) is 0 Å². The number of carbonyl (C=O) groups excluding carboxylic acids is 4. The van der Waals surface area contributed by atoms with Gasteiger partial charge in [-0.15, -0.1) is 0 Å². The molecule has 0 aromatic carbocycles. The topological polar surface area (TPSA) is 700 Å². The van der Waals surface area contributed by atoms with Crippen molar-refractivity contribution in [2.24, 2.45) is 0 Å². The number of hydrogen-bond acceptors (Lipinski definition) is 41. The van der Waals surface area contributed by atoms with E-state index < -0.39 is 322 Å². The van der Waals surface area contributed by atoms with E-state index in [0.29, 0.717) is 0 Å². The smallest absolute Gasteiger partial charge is 0.217 e. The van der Waals surface area contributed by atoms with Gasteiger partial charge < -0.3 is 205 Å². The zero-order valence-corrected chi connectivity index (χ0v) is 54.3. The van der Waals surface area contributed by atoms with Crippen LogP contribution in [0.15, 0.2) is 0 Å². The molecule has 8 aliphatic rings. The van der Waals surface area contributed by atoms with E-state index in [1.54, 1.807) is 0 Å². The van der Waals surface area contributed by atoms with Crippen molar-refractivity contribution in [2.75, 3.05) is 52.9 Å². The van der Waals surface area contributed by atoms with Gasteiger partial charge >= 0.3 is 0 Å². The summed E-state index contributed by atoms with van der Waals surface area (Å²) in [6.07, 6.45) is -70.2. The zero-order chi connectivity index (χ0) is 74.5. The normalized spacial score (nSPS) is 48.3. The van der Waals surface area contributed by atoms with Crippen LogP contribution < -0.4 is 21.3 Å². The molecule has 45 nitrogen and oxygen atoms in total. The Bertz CT molecular complexity index is 2640. The lowest BCUT2D eigenvalue weighted by Crippen LogP contribution is -2.71. The van der Waals surface area contributed by atoms with Gasteiger partial charge in [0.05, 0.1) is 52.9 Å². The first-order valence-electron chi connectivity index (χ1n) is 32.1. The van der Waals surface area contributed by atoms with Crippen LogP contribution in [0.3, 0.4) is 0 Å². The predicted octanol–water partition coefficient (Wildman–Crippen LogP) is -17.9. The highest BCUT2D eigenvalue weighted by molar-refractivity contribution is 5.74. The van der Waals surface area contributed by atoms with Crippen molar-refractivity contribution in [3.63, 3.8) is 0 Å². The summed E-state index contributed by atoms with van der Waals surface area (Å²) in [5.74, 6) is -3.43. The Morgan fingerprint density at radius 2 is 0.515 bits per heavy atom. The van der Waals surface area contributed by atoms with Gasteiger partial charge in [0, 0.05) is 27.7 Å². The van der Waals surface area contributed by atoms with Crippen molar-refractivity contribution >= 4 is 23.6 Å². The molecule has 0 aromatic heterocycles. The molecule has 101 heavy (non-hydrogen) atoms. The summed E-state index contributed by atoms with van der Waals surface area (Å²) in [7, 11) is 0. The Hall–Kier alpha value is -3.60. The van der Waals surface area contributed by atoms with Crippen LogP contribution in [0.5, 0.6) is 0 Å². The van der Waals surface area contributed by atoms with Crippen LogP contribution in [0.25, 0.3) is 0 Å². The van der Waals surface area contributed by atoms with E-state index >= 15 is 0 Å². The monoisotopic (exact) mass is 1480 g/mol. The minimum absolute atomic E-state index is 0.785. The van der Waals surface area contributed by atoms with Crippen molar-refractivity contribution in [1.29, 1.82) is 0 Å². The molecule has 8 heterocycles. The molecule has 0 unspecified atom stereocenters. The number of amides is 4. The molecular weight excluding hydrogens is 1380 g/mol. The number of aliphatic hydroxyl groups is 22. The quantitative estimate of drug-likeness (QED) is 0.0382. The molecular formula is C56H94N4O41. The molecule has 0 radical (unpaired) electrons. The molecule has 8 saturated heterocycles. The third-order valence-corrected chi connectivity index (χ3v) is 18.2. The van der Waals surface area contributed by atoms with Gasteiger partial charge in [-0.25, -0.2) is 0 Å². The Morgan fingerprint density at radius 3 is 0.842 bits per heavy atom. The van der Waals surface area contributed by atoms with Crippen LogP contribution in [-0.4, -0.2) is 434 Å². The van der Waals surface area contributed by atoms with Crippen LogP contribution in [0, 0.1) is 0 Å². The number of carbonyl (C=O) groups is 4. The third-order valence-electron chi connectivity index (χ3n) is 18.2. The first-order chi connectivity index (χ1) is 47.8. The number of hydrogen-bond donors (Lipinski definition) is 26. The third kappa shape index (κ3) is 18.5. The molecule has 45 heteroatoms. The first-order valence-corrected chi connectivity index (χ1v) is 32.1. The average molecular weight is 1480 g/mol. The van der Waals surface area contributed by atoms with E-state index in [2.05, 4.69) is 21.3 Å². The van der Waals surface area contributed by atoms with Crippen LogP contribution in [-0.2, 0) is 90.2 Å². The Labute approximate surface area is 572 Å². The van der Waals surface area contributed by atoms with Crippen LogP contribution >= 0.6 is 0 Å². The highest BCUT2D eigenvalue weighted by Crippen LogP contribution is 2.39. The fourth-order valence-electron chi connectivity index (χ4n) is 13.0. The molecule has 0 aliphatic carbocycles. The molecule has 40 atom stereocenters. The molecule has 0 aromatic rings. The van der Waals surface area contributed by atoms with Gasteiger partial charge in [0.1, 0.15) is 195 Å². The second kappa shape index (κ2) is 36.3. The fraction of sp³-hybridized carbons (Fsp3) is 0.929. The second-order valence-electron chi connectivity index (χ2n) is 25.4. The maximum atomic E-state index is 12.9. The van der Waals surface area contributed by atoms with Gasteiger partial charge in [0.25, 0.3) is 0 Å². The van der Waals surface area contributed by atoms with Gasteiger partial charge in [-0.2, -0.15) is 0 Å². The lowest BCUT2D eigenvalue weighted by atomic mass is 9.93. The lowest BCUT2D eigenvalue weighted by molar-refractivity contribution is -0.386. The Balaban J connectivity index is 0.964. The largest absolute Gasteiger partial charge is 0.394 e. The highest BCUT2D eigenvalue weighted by atomic mass is 16.8. The van der Waals surface area contributed by atoms with E-state index in [4.69, 9.17) is 71.1 Å². The van der Waals surface area contributed by atoms with E-state index in [1.807, 2.05) is 0 Å². The molecule has 0 spiro atoms. The maximum Gasteiger partial charge on any atom is 0.217 e. The molecule has 0 saturated carbocycles. The van der Waals surface area contributed by atoms with Crippen LogP contribution in [0.1, 0.15) is 27.7 Å². The first kappa shape index (κ1) is 83.0. The molecule has 0 bridgehead atoms. The molecule has 8 rings (SSSR count). The number of aliphatic hydroxyl groups excluding tert-OH is 22. The van der Waals surface area contributed by atoms with Gasteiger partial charge in [-0.1, -0.05) is 0 Å². The van der Waals surface area contributed by atoms with E-state index in [-0.39, 0.29) is 0 Å². The average Bonchev–Trinajstić information content (AvgIpc) is 0.775. The number of nitrogens with one attached hydrogen (secondary N) is 4. The molecule has 8 aliphatic heterocycles. The van der Waals surface area contributed by atoms with E-state index in [9.17, 15) is 132 Å². The molecule has 4 amide bonds. The summed E-state index contributed by atoms with van der Waals surface area (Å²) >= 11 is 0. The Morgan fingerprint density at radius 1 is 0.257 bits per heavy atom. The fourth-order valence-corrected chi connectivity index (χ4v) is 13.0. The lowest BCUT2D eigenvalue weighted by Gasteiger charge is -2.51. The number of ether oxygens (including phenoxy) is 15. The summed E-state index contributed by atoms with van der Waals surface area (Å²) < 4.78 is 86.9. The van der Waals surface area contributed by atoms with Crippen LogP contribution in [0.2, 0.25) is 0 Å².